The number of fused-ring (bicyclic) bond motifs is 1. The molecule has 1 fully saturated rings. The zero-order valence-electron chi connectivity index (χ0n) is 14.1. The van der Waals surface area contributed by atoms with Crippen LogP contribution in [0.1, 0.15) is 6.42 Å². The molecule has 4 rings (SSSR count). The number of ether oxygens (including phenoxy) is 2. The van der Waals surface area contributed by atoms with Crippen molar-refractivity contribution in [3.8, 4) is 10.4 Å². The highest BCUT2D eigenvalue weighted by Gasteiger charge is 2.20. The molecular formula is C18H18N2O3S3. The van der Waals surface area contributed by atoms with Gasteiger partial charge in [0.05, 0.1) is 18.1 Å². The molecule has 1 saturated heterocycles. The quantitative estimate of drug-likeness (QED) is 0.348. The lowest BCUT2D eigenvalue weighted by Crippen LogP contribution is -2.27. The van der Waals surface area contributed by atoms with Gasteiger partial charge in [-0.15, -0.1) is 29.3 Å². The Bertz CT molecular complexity index is 956. The molecule has 0 amide bonds. The van der Waals surface area contributed by atoms with Crippen LogP contribution in [0.25, 0.3) is 20.7 Å². The van der Waals surface area contributed by atoms with E-state index in [0.29, 0.717) is 25.3 Å². The van der Waals surface area contributed by atoms with Gasteiger partial charge in [-0.2, -0.15) is 0 Å². The summed E-state index contributed by atoms with van der Waals surface area (Å²) in [7, 11) is 0. The maximum Gasteiger partial charge on any atom is 0.263 e. The molecule has 136 valence electrons. The minimum atomic E-state index is -0.00468. The zero-order valence-corrected chi connectivity index (χ0v) is 16.5. The van der Waals surface area contributed by atoms with Gasteiger partial charge in [0.2, 0.25) is 0 Å². The van der Waals surface area contributed by atoms with Crippen molar-refractivity contribution in [3.05, 3.63) is 45.9 Å². The Hall–Kier alpha value is -1.45. The fraction of sp³-hybridized carbons (Fsp3) is 0.333. The Morgan fingerprint density at radius 2 is 2.38 bits per heavy atom. The average Bonchev–Trinajstić information content (AvgIpc) is 3.33. The molecule has 0 radical (unpaired) electrons. The van der Waals surface area contributed by atoms with E-state index in [0.717, 1.165) is 32.6 Å². The Kier molecular flexibility index (Phi) is 5.56. The highest BCUT2D eigenvalue weighted by Crippen LogP contribution is 2.34. The summed E-state index contributed by atoms with van der Waals surface area (Å²) >= 11 is 4.72. The van der Waals surface area contributed by atoms with Crippen LogP contribution < -0.4 is 5.56 Å². The molecule has 4 heterocycles. The molecule has 0 N–H and O–H groups in total. The van der Waals surface area contributed by atoms with E-state index in [1.165, 1.54) is 11.3 Å². The zero-order chi connectivity index (χ0) is 17.9. The number of thiophene rings is 2. The fourth-order valence-electron chi connectivity index (χ4n) is 2.82. The van der Waals surface area contributed by atoms with Crippen LogP contribution in [-0.2, 0) is 16.0 Å². The van der Waals surface area contributed by atoms with Gasteiger partial charge in [0.25, 0.3) is 5.56 Å². The van der Waals surface area contributed by atoms with E-state index in [4.69, 9.17) is 14.5 Å². The van der Waals surface area contributed by atoms with Gasteiger partial charge in [0.1, 0.15) is 11.6 Å². The molecule has 0 saturated carbocycles. The molecule has 0 unspecified atom stereocenters. The molecular weight excluding hydrogens is 388 g/mol. The van der Waals surface area contributed by atoms with Crippen molar-refractivity contribution in [1.29, 1.82) is 0 Å². The van der Waals surface area contributed by atoms with Crippen molar-refractivity contribution in [1.82, 2.24) is 9.55 Å². The smallest absolute Gasteiger partial charge is 0.263 e. The van der Waals surface area contributed by atoms with Crippen molar-refractivity contribution in [2.75, 3.05) is 19.2 Å². The molecule has 8 heteroatoms. The highest BCUT2D eigenvalue weighted by molar-refractivity contribution is 7.99. The summed E-state index contributed by atoms with van der Waals surface area (Å²) in [6.07, 6.45) is 2.73. The Morgan fingerprint density at radius 1 is 1.46 bits per heavy atom. The molecule has 0 aromatic carbocycles. The number of nitrogens with zero attached hydrogens (tertiary/aromatic N) is 2. The molecule has 26 heavy (non-hydrogen) atoms. The van der Waals surface area contributed by atoms with E-state index < -0.39 is 0 Å². The van der Waals surface area contributed by atoms with Crippen LogP contribution in [0.4, 0.5) is 0 Å². The van der Waals surface area contributed by atoms with E-state index in [2.05, 4.69) is 6.58 Å². The number of hydrogen-bond donors (Lipinski definition) is 0. The van der Waals surface area contributed by atoms with Crippen LogP contribution in [0.5, 0.6) is 0 Å². The second-order valence-electron chi connectivity index (χ2n) is 5.82. The van der Waals surface area contributed by atoms with Crippen molar-refractivity contribution >= 4 is 44.7 Å². The summed E-state index contributed by atoms with van der Waals surface area (Å²) in [4.78, 5) is 19.9. The largest absolute Gasteiger partial charge is 0.355 e. The van der Waals surface area contributed by atoms with Gasteiger partial charge in [-0.25, -0.2) is 4.98 Å². The lowest BCUT2D eigenvalue weighted by atomic mass is 10.2. The van der Waals surface area contributed by atoms with Crippen LogP contribution in [0, 0.1) is 0 Å². The summed E-state index contributed by atoms with van der Waals surface area (Å²) < 4.78 is 12.5. The van der Waals surface area contributed by atoms with Crippen molar-refractivity contribution in [2.45, 2.75) is 24.2 Å². The summed E-state index contributed by atoms with van der Waals surface area (Å²) in [6, 6.07) is 4.03. The third-order valence-electron chi connectivity index (χ3n) is 4.13. The molecule has 1 atom stereocenters. The molecule has 3 aromatic rings. The molecule has 5 nitrogen and oxygen atoms in total. The first-order valence-corrected chi connectivity index (χ1v) is 11.0. The van der Waals surface area contributed by atoms with Crippen LogP contribution in [0.15, 0.2) is 45.5 Å². The van der Waals surface area contributed by atoms with Gasteiger partial charge in [-0.1, -0.05) is 23.9 Å². The Labute approximate surface area is 163 Å². The summed E-state index contributed by atoms with van der Waals surface area (Å²) in [6.45, 7) is 5.29. The molecule has 1 aliphatic rings. The molecule has 0 bridgehead atoms. The SMILES string of the molecule is C=CCn1c(SC[C@@H]2CCOCO2)nc2scc(-c3cccs3)c2c1=O. The molecule has 0 aliphatic carbocycles. The lowest BCUT2D eigenvalue weighted by Gasteiger charge is -2.22. The average molecular weight is 407 g/mol. The van der Waals surface area contributed by atoms with Crippen LogP contribution in [0.3, 0.4) is 0 Å². The van der Waals surface area contributed by atoms with Crippen molar-refractivity contribution in [3.63, 3.8) is 0 Å². The van der Waals surface area contributed by atoms with E-state index in [1.807, 2.05) is 22.9 Å². The summed E-state index contributed by atoms with van der Waals surface area (Å²) in [5, 5.41) is 5.47. The lowest BCUT2D eigenvalue weighted by molar-refractivity contribution is -0.130. The minimum absolute atomic E-state index is 0.00468. The maximum atomic E-state index is 13.2. The third kappa shape index (κ3) is 3.52. The van der Waals surface area contributed by atoms with E-state index in [1.54, 1.807) is 33.7 Å². The van der Waals surface area contributed by atoms with Crippen molar-refractivity contribution < 1.29 is 9.47 Å². The highest BCUT2D eigenvalue weighted by atomic mass is 32.2. The van der Waals surface area contributed by atoms with E-state index in [9.17, 15) is 4.79 Å². The summed E-state index contributed by atoms with van der Waals surface area (Å²) in [5.41, 5.74) is 0.967. The standard InChI is InChI=1S/C18H18N2O3S3/c1-2-6-20-17(21)15-13(14-4-3-8-24-14)10-25-16(15)19-18(20)26-9-12-5-7-22-11-23-12/h2-4,8,10,12H,1,5-7,9,11H2/t12-/m0/s1. The van der Waals surface area contributed by atoms with Gasteiger partial charge < -0.3 is 9.47 Å². The second kappa shape index (κ2) is 8.06. The number of allylic oxidation sites excluding steroid dienone is 1. The van der Waals surface area contributed by atoms with E-state index in [-0.39, 0.29) is 11.7 Å². The molecule has 1 aliphatic heterocycles. The van der Waals surface area contributed by atoms with Crippen LogP contribution in [0.2, 0.25) is 0 Å². The molecule has 3 aromatic heterocycles. The Balaban J connectivity index is 1.72. The van der Waals surface area contributed by atoms with Gasteiger partial charge in [0.15, 0.2) is 5.16 Å². The first kappa shape index (κ1) is 17.9. The maximum absolute atomic E-state index is 13.2. The predicted molar refractivity (Wildman–Crippen MR) is 108 cm³/mol. The first-order chi connectivity index (χ1) is 12.8. The Morgan fingerprint density at radius 3 is 3.12 bits per heavy atom. The third-order valence-corrected chi connectivity index (χ3v) is 7.01. The predicted octanol–water partition coefficient (Wildman–Crippen LogP) is 4.23. The number of hydrogen-bond acceptors (Lipinski definition) is 7. The van der Waals surface area contributed by atoms with Gasteiger partial charge >= 0.3 is 0 Å². The van der Waals surface area contributed by atoms with E-state index >= 15 is 0 Å². The topological polar surface area (TPSA) is 53.4 Å². The summed E-state index contributed by atoms with van der Waals surface area (Å²) in [5.74, 6) is 0.752. The molecule has 0 spiro atoms. The van der Waals surface area contributed by atoms with Crippen LogP contribution >= 0.6 is 34.4 Å². The van der Waals surface area contributed by atoms with Crippen LogP contribution in [-0.4, -0.2) is 34.8 Å². The fourth-order valence-corrected chi connectivity index (χ4v) is 5.70. The van der Waals surface area contributed by atoms with Gasteiger partial charge in [-0.3, -0.25) is 9.36 Å². The number of thioether (sulfide) groups is 1. The monoisotopic (exact) mass is 406 g/mol. The van der Waals surface area contributed by atoms with Gasteiger partial charge in [0, 0.05) is 28.1 Å². The first-order valence-electron chi connectivity index (χ1n) is 8.27. The second-order valence-corrected chi connectivity index (χ2v) is 8.61. The normalized spacial score (nSPS) is 17.6. The number of rotatable bonds is 6. The number of aromatic nitrogens is 2. The minimum Gasteiger partial charge on any atom is -0.355 e. The van der Waals surface area contributed by atoms with Crippen molar-refractivity contribution in [2.24, 2.45) is 0 Å². The van der Waals surface area contributed by atoms with Gasteiger partial charge in [-0.05, 0) is 17.9 Å².